The van der Waals surface area contributed by atoms with E-state index in [1.54, 1.807) is 7.11 Å². The van der Waals surface area contributed by atoms with E-state index in [1.807, 2.05) is 12.1 Å². The minimum atomic E-state index is 0.176. The zero-order valence-electron chi connectivity index (χ0n) is 11.8. The minimum Gasteiger partial charge on any atom is -0.496 e. The summed E-state index contributed by atoms with van der Waals surface area (Å²) in [6.45, 7) is 0.885. The van der Waals surface area contributed by atoms with Crippen LogP contribution in [0.2, 0.25) is 0 Å². The van der Waals surface area contributed by atoms with Crippen LogP contribution in [0.25, 0.3) is 0 Å². The van der Waals surface area contributed by atoms with Gasteiger partial charge in [-0.25, -0.2) is 0 Å². The van der Waals surface area contributed by atoms with Gasteiger partial charge in [0.15, 0.2) is 0 Å². The van der Waals surface area contributed by atoms with E-state index in [0.717, 1.165) is 48.0 Å². The molecule has 20 heavy (non-hydrogen) atoms. The van der Waals surface area contributed by atoms with Crippen LogP contribution in [-0.4, -0.2) is 24.5 Å². The molecule has 0 N–H and O–H groups in total. The number of rotatable bonds is 3. The van der Waals surface area contributed by atoms with Gasteiger partial charge in [0.2, 0.25) is 5.91 Å². The van der Waals surface area contributed by atoms with Gasteiger partial charge in [-0.3, -0.25) is 4.79 Å². The van der Waals surface area contributed by atoms with Crippen molar-refractivity contribution in [2.75, 3.05) is 13.7 Å². The van der Waals surface area contributed by atoms with Crippen LogP contribution in [0.4, 0.5) is 0 Å². The average Bonchev–Trinajstić information content (AvgIpc) is 2.85. The highest BCUT2D eigenvalue weighted by molar-refractivity contribution is 9.10. The van der Waals surface area contributed by atoms with E-state index >= 15 is 0 Å². The molecule has 0 bridgehead atoms. The molecule has 108 valence electrons. The molecule has 2 aliphatic rings. The Morgan fingerprint density at radius 1 is 1.30 bits per heavy atom. The van der Waals surface area contributed by atoms with Crippen molar-refractivity contribution in [3.63, 3.8) is 0 Å². The SMILES string of the molecule is COc1ccc(Br)cc1[C@@H]1CCCN1C(=O)C1CCC1. The third-order valence-corrected chi connectivity index (χ3v) is 5.03. The van der Waals surface area contributed by atoms with Gasteiger partial charge in [-0.05, 0) is 43.9 Å². The van der Waals surface area contributed by atoms with Crippen molar-refractivity contribution in [1.29, 1.82) is 0 Å². The molecule has 1 aliphatic carbocycles. The van der Waals surface area contributed by atoms with Gasteiger partial charge in [-0.2, -0.15) is 0 Å². The molecular weight excluding hydrogens is 318 g/mol. The molecule has 1 aromatic rings. The van der Waals surface area contributed by atoms with Crippen LogP contribution in [-0.2, 0) is 4.79 Å². The molecule has 1 aromatic carbocycles. The predicted molar refractivity (Wildman–Crippen MR) is 81.7 cm³/mol. The molecule has 2 fully saturated rings. The van der Waals surface area contributed by atoms with Crippen LogP contribution in [0, 0.1) is 5.92 Å². The Kier molecular flexibility index (Phi) is 4.01. The molecule has 0 unspecified atom stereocenters. The third kappa shape index (κ3) is 2.46. The first-order valence-electron chi connectivity index (χ1n) is 7.34. The van der Waals surface area contributed by atoms with Crippen molar-refractivity contribution in [2.24, 2.45) is 5.92 Å². The van der Waals surface area contributed by atoms with Crippen molar-refractivity contribution < 1.29 is 9.53 Å². The van der Waals surface area contributed by atoms with Crippen molar-refractivity contribution in [3.8, 4) is 5.75 Å². The second-order valence-corrected chi connectivity index (χ2v) is 6.62. The number of hydrogen-bond donors (Lipinski definition) is 0. The van der Waals surface area contributed by atoms with Crippen molar-refractivity contribution in [3.05, 3.63) is 28.2 Å². The standard InChI is InChI=1S/C16H20BrNO2/c1-20-15-8-7-12(17)10-13(15)14-6-3-9-18(14)16(19)11-4-2-5-11/h7-8,10-11,14H,2-6,9H2,1H3/t14-/m0/s1. The second kappa shape index (κ2) is 5.76. The zero-order valence-corrected chi connectivity index (χ0v) is 13.4. The van der Waals surface area contributed by atoms with Gasteiger partial charge in [0.05, 0.1) is 13.2 Å². The molecule has 1 aliphatic heterocycles. The molecule has 1 amide bonds. The molecule has 1 atom stereocenters. The molecule has 3 rings (SSSR count). The maximum absolute atomic E-state index is 12.6. The van der Waals surface area contributed by atoms with E-state index in [2.05, 4.69) is 26.9 Å². The van der Waals surface area contributed by atoms with Gasteiger partial charge in [0.25, 0.3) is 0 Å². The fourth-order valence-corrected chi connectivity index (χ4v) is 3.59. The Bertz CT molecular complexity index is 513. The summed E-state index contributed by atoms with van der Waals surface area (Å²) >= 11 is 3.52. The number of amides is 1. The molecular formula is C16H20BrNO2. The topological polar surface area (TPSA) is 29.5 Å². The molecule has 0 spiro atoms. The van der Waals surface area contributed by atoms with Gasteiger partial charge in [-0.1, -0.05) is 22.4 Å². The van der Waals surface area contributed by atoms with Crippen LogP contribution in [0.3, 0.4) is 0 Å². The first-order valence-corrected chi connectivity index (χ1v) is 8.14. The first-order chi connectivity index (χ1) is 9.70. The number of likely N-dealkylation sites (tertiary alicyclic amines) is 1. The van der Waals surface area contributed by atoms with Gasteiger partial charge in [0.1, 0.15) is 5.75 Å². The number of ether oxygens (including phenoxy) is 1. The highest BCUT2D eigenvalue weighted by Gasteiger charge is 2.37. The monoisotopic (exact) mass is 337 g/mol. The summed E-state index contributed by atoms with van der Waals surface area (Å²) < 4.78 is 6.52. The second-order valence-electron chi connectivity index (χ2n) is 5.70. The fraction of sp³-hybridized carbons (Fsp3) is 0.562. The van der Waals surface area contributed by atoms with E-state index in [-0.39, 0.29) is 12.0 Å². The lowest BCUT2D eigenvalue weighted by Crippen LogP contribution is -2.38. The normalized spacial score (nSPS) is 22.7. The maximum atomic E-state index is 12.6. The summed E-state index contributed by atoms with van der Waals surface area (Å²) in [5.74, 6) is 1.50. The first kappa shape index (κ1) is 13.9. The Morgan fingerprint density at radius 2 is 2.10 bits per heavy atom. The van der Waals surface area contributed by atoms with Gasteiger partial charge in [0, 0.05) is 22.5 Å². The highest BCUT2D eigenvalue weighted by atomic mass is 79.9. The Hall–Kier alpha value is -1.03. The summed E-state index contributed by atoms with van der Waals surface area (Å²) in [5.41, 5.74) is 1.13. The van der Waals surface area contributed by atoms with Crippen LogP contribution in [0.15, 0.2) is 22.7 Å². The number of carbonyl (C=O) groups excluding carboxylic acids is 1. The van der Waals surface area contributed by atoms with E-state index < -0.39 is 0 Å². The zero-order chi connectivity index (χ0) is 14.1. The number of carbonyl (C=O) groups is 1. The van der Waals surface area contributed by atoms with E-state index in [0.29, 0.717) is 5.91 Å². The summed E-state index contributed by atoms with van der Waals surface area (Å²) in [7, 11) is 1.69. The lowest BCUT2D eigenvalue weighted by Gasteiger charge is -2.33. The number of benzene rings is 1. The molecule has 0 radical (unpaired) electrons. The summed E-state index contributed by atoms with van der Waals surface area (Å²) in [6, 6.07) is 6.23. The van der Waals surface area contributed by atoms with Gasteiger partial charge in [-0.15, -0.1) is 0 Å². The van der Waals surface area contributed by atoms with E-state index in [4.69, 9.17) is 4.74 Å². The average molecular weight is 338 g/mol. The number of methoxy groups -OCH3 is 1. The Morgan fingerprint density at radius 3 is 2.75 bits per heavy atom. The summed E-state index contributed by atoms with van der Waals surface area (Å²) in [4.78, 5) is 14.6. The van der Waals surface area contributed by atoms with Crippen LogP contribution in [0.5, 0.6) is 5.75 Å². The molecule has 3 nitrogen and oxygen atoms in total. The van der Waals surface area contributed by atoms with Crippen LogP contribution < -0.4 is 4.74 Å². The Balaban J connectivity index is 1.88. The minimum absolute atomic E-state index is 0.176. The smallest absolute Gasteiger partial charge is 0.226 e. The van der Waals surface area contributed by atoms with E-state index in [9.17, 15) is 4.79 Å². The summed E-state index contributed by atoms with van der Waals surface area (Å²) in [6.07, 6.45) is 5.45. The molecule has 1 saturated carbocycles. The van der Waals surface area contributed by atoms with Crippen molar-refractivity contribution >= 4 is 21.8 Å². The summed E-state index contributed by atoms with van der Waals surface area (Å²) in [5, 5.41) is 0. The van der Waals surface area contributed by atoms with Crippen LogP contribution >= 0.6 is 15.9 Å². The number of nitrogens with zero attached hydrogens (tertiary/aromatic N) is 1. The number of halogens is 1. The number of hydrogen-bond acceptors (Lipinski definition) is 2. The fourth-order valence-electron chi connectivity index (χ4n) is 3.21. The predicted octanol–water partition coefficient (Wildman–Crippen LogP) is 3.92. The van der Waals surface area contributed by atoms with Gasteiger partial charge >= 0.3 is 0 Å². The quantitative estimate of drug-likeness (QED) is 0.836. The largest absolute Gasteiger partial charge is 0.496 e. The van der Waals surface area contributed by atoms with Crippen molar-refractivity contribution in [2.45, 2.75) is 38.1 Å². The lowest BCUT2D eigenvalue weighted by molar-refractivity contribution is -0.139. The molecule has 1 heterocycles. The lowest BCUT2D eigenvalue weighted by atomic mass is 9.84. The molecule has 4 heteroatoms. The highest BCUT2D eigenvalue weighted by Crippen LogP contribution is 2.41. The molecule has 0 aromatic heterocycles. The van der Waals surface area contributed by atoms with Crippen molar-refractivity contribution in [1.82, 2.24) is 4.90 Å². The third-order valence-electron chi connectivity index (χ3n) is 4.54. The van der Waals surface area contributed by atoms with Crippen LogP contribution in [0.1, 0.15) is 43.7 Å². The Labute approximate surface area is 128 Å². The van der Waals surface area contributed by atoms with E-state index in [1.165, 1.54) is 6.42 Å². The maximum Gasteiger partial charge on any atom is 0.226 e. The van der Waals surface area contributed by atoms with Gasteiger partial charge < -0.3 is 9.64 Å². The molecule has 1 saturated heterocycles.